The van der Waals surface area contributed by atoms with Gasteiger partial charge in [0.25, 0.3) is 0 Å². The van der Waals surface area contributed by atoms with Gasteiger partial charge in [-0.3, -0.25) is 9.48 Å². The van der Waals surface area contributed by atoms with E-state index in [1.165, 1.54) is 11.1 Å². The van der Waals surface area contributed by atoms with Crippen molar-refractivity contribution >= 4 is 5.91 Å². The van der Waals surface area contributed by atoms with Gasteiger partial charge in [-0.05, 0) is 43.6 Å². The second kappa shape index (κ2) is 9.18. The molecule has 1 aliphatic heterocycles. The summed E-state index contributed by atoms with van der Waals surface area (Å²) in [5, 5.41) is 4.49. The molecule has 2 heterocycles. The molecule has 1 aromatic heterocycles. The number of hydrogen-bond acceptors (Lipinski definition) is 3. The minimum atomic E-state index is 0.248. The zero-order valence-corrected chi connectivity index (χ0v) is 16.9. The summed E-state index contributed by atoms with van der Waals surface area (Å²) < 4.78 is 2.09. The largest absolute Gasteiger partial charge is 0.336 e. The van der Waals surface area contributed by atoms with Gasteiger partial charge in [0.05, 0.1) is 12.2 Å². The van der Waals surface area contributed by atoms with E-state index in [9.17, 15) is 4.79 Å². The number of nitrogens with zero attached hydrogens (tertiary/aromatic N) is 4. The molecule has 0 spiro atoms. The Hall–Kier alpha value is -2.14. The van der Waals surface area contributed by atoms with Gasteiger partial charge in [-0.1, -0.05) is 38.1 Å². The second-order valence-corrected chi connectivity index (χ2v) is 7.56. The van der Waals surface area contributed by atoms with Gasteiger partial charge in [0, 0.05) is 38.2 Å². The first kappa shape index (κ1) is 19.6. The average Bonchev–Trinajstić information content (AvgIpc) is 3.03. The number of rotatable bonds is 7. The molecule has 1 atom stereocenters. The first-order chi connectivity index (χ1) is 13.1. The Kier molecular flexibility index (Phi) is 6.67. The third-order valence-corrected chi connectivity index (χ3v) is 5.70. The van der Waals surface area contributed by atoms with Crippen molar-refractivity contribution in [1.29, 1.82) is 0 Å². The molecule has 1 unspecified atom stereocenters. The van der Waals surface area contributed by atoms with Crippen molar-refractivity contribution in [2.45, 2.75) is 46.7 Å². The molecular formula is C22H32N4O. The summed E-state index contributed by atoms with van der Waals surface area (Å²) in [7, 11) is 0. The maximum absolute atomic E-state index is 13.0. The molecule has 0 radical (unpaired) electrons. The lowest BCUT2D eigenvalue weighted by molar-refractivity contribution is -0.132. The summed E-state index contributed by atoms with van der Waals surface area (Å²) in [6, 6.07) is 10.4. The van der Waals surface area contributed by atoms with Crippen LogP contribution in [0.25, 0.3) is 0 Å². The molecule has 5 nitrogen and oxygen atoms in total. The van der Waals surface area contributed by atoms with Crippen molar-refractivity contribution < 1.29 is 4.79 Å². The molecule has 2 aromatic rings. The number of carbonyl (C=O) groups is 1. The summed E-state index contributed by atoms with van der Waals surface area (Å²) in [4.78, 5) is 17.5. The Balaban J connectivity index is 1.69. The van der Waals surface area contributed by atoms with E-state index in [1.807, 2.05) is 17.2 Å². The van der Waals surface area contributed by atoms with Crippen LogP contribution in [-0.2, 0) is 24.3 Å². The van der Waals surface area contributed by atoms with Crippen LogP contribution in [0.2, 0.25) is 0 Å². The molecule has 1 aromatic carbocycles. The van der Waals surface area contributed by atoms with Gasteiger partial charge in [0.1, 0.15) is 0 Å². The van der Waals surface area contributed by atoms with Crippen molar-refractivity contribution in [1.82, 2.24) is 19.6 Å². The quantitative estimate of drug-likeness (QED) is 0.754. The first-order valence-electron chi connectivity index (χ1n) is 10.2. The maximum Gasteiger partial charge on any atom is 0.223 e. The molecule has 1 aliphatic rings. The lowest BCUT2D eigenvalue weighted by Crippen LogP contribution is -2.39. The first-order valence-corrected chi connectivity index (χ1v) is 10.2. The van der Waals surface area contributed by atoms with Crippen LogP contribution >= 0.6 is 0 Å². The highest BCUT2D eigenvalue weighted by atomic mass is 16.2. The normalized spacial score (nSPS) is 17.0. The monoisotopic (exact) mass is 368 g/mol. The standard InChI is InChI=1S/C22H32N4O/c1-4-24(5-2)14-19-15-25(17-21-12-13-23-26(21)16-19)22(27)11-10-20-9-7-6-8-18(20)3/h6-9,12-13,19H,4-5,10-11,14-17H2,1-3H3. The van der Waals surface area contributed by atoms with Crippen LogP contribution in [0.3, 0.4) is 0 Å². The predicted molar refractivity (Wildman–Crippen MR) is 108 cm³/mol. The molecule has 0 aliphatic carbocycles. The number of hydrogen-bond donors (Lipinski definition) is 0. The number of aromatic nitrogens is 2. The Labute approximate surface area is 163 Å². The van der Waals surface area contributed by atoms with Gasteiger partial charge >= 0.3 is 0 Å². The minimum Gasteiger partial charge on any atom is -0.336 e. The molecule has 1 amide bonds. The van der Waals surface area contributed by atoms with Gasteiger partial charge in [0.15, 0.2) is 0 Å². The molecule has 0 saturated carbocycles. The highest BCUT2D eigenvalue weighted by Crippen LogP contribution is 2.19. The van der Waals surface area contributed by atoms with Crippen molar-refractivity contribution in [3.63, 3.8) is 0 Å². The summed E-state index contributed by atoms with van der Waals surface area (Å²) >= 11 is 0. The van der Waals surface area contributed by atoms with E-state index < -0.39 is 0 Å². The van der Waals surface area contributed by atoms with E-state index in [0.29, 0.717) is 18.9 Å². The van der Waals surface area contributed by atoms with Crippen LogP contribution in [0.1, 0.15) is 37.1 Å². The summed E-state index contributed by atoms with van der Waals surface area (Å²) in [5.74, 6) is 0.658. The van der Waals surface area contributed by atoms with Gasteiger partial charge in [-0.2, -0.15) is 5.10 Å². The maximum atomic E-state index is 13.0. The third kappa shape index (κ3) is 4.98. The van der Waals surface area contributed by atoms with E-state index in [1.54, 1.807) is 0 Å². The molecule has 27 heavy (non-hydrogen) atoms. The number of aryl methyl sites for hydroxylation is 2. The molecule has 0 fully saturated rings. The Morgan fingerprint density at radius 2 is 1.96 bits per heavy atom. The fraction of sp³-hybridized carbons (Fsp3) is 0.545. The number of fused-ring (bicyclic) bond motifs is 1. The SMILES string of the molecule is CCN(CC)CC1CN(C(=O)CCc2ccccc2C)Cc2ccnn2C1. The van der Waals surface area contributed by atoms with E-state index in [2.05, 4.69) is 59.7 Å². The fourth-order valence-corrected chi connectivity index (χ4v) is 3.98. The topological polar surface area (TPSA) is 41.4 Å². The summed E-state index contributed by atoms with van der Waals surface area (Å²) in [6.45, 7) is 12.0. The van der Waals surface area contributed by atoms with E-state index >= 15 is 0 Å². The van der Waals surface area contributed by atoms with Crippen molar-refractivity contribution in [3.8, 4) is 0 Å². The van der Waals surface area contributed by atoms with Crippen LogP contribution < -0.4 is 0 Å². The Morgan fingerprint density at radius 1 is 1.19 bits per heavy atom. The van der Waals surface area contributed by atoms with Crippen LogP contribution in [0.15, 0.2) is 36.5 Å². The highest BCUT2D eigenvalue weighted by Gasteiger charge is 2.26. The molecule has 0 bridgehead atoms. The second-order valence-electron chi connectivity index (χ2n) is 7.56. The number of amides is 1. The van der Waals surface area contributed by atoms with Crippen LogP contribution in [0.4, 0.5) is 0 Å². The number of carbonyl (C=O) groups excluding carboxylic acids is 1. The molecular weight excluding hydrogens is 336 g/mol. The van der Waals surface area contributed by atoms with Crippen molar-refractivity contribution in [3.05, 3.63) is 53.3 Å². The van der Waals surface area contributed by atoms with Crippen LogP contribution in [-0.4, -0.2) is 51.7 Å². The lowest BCUT2D eigenvalue weighted by atomic mass is 10.0. The molecule has 146 valence electrons. The van der Waals surface area contributed by atoms with E-state index in [-0.39, 0.29) is 5.91 Å². The Morgan fingerprint density at radius 3 is 2.70 bits per heavy atom. The fourth-order valence-electron chi connectivity index (χ4n) is 3.98. The van der Waals surface area contributed by atoms with Crippen LogP contribution in [0, 0.1) is 12.8 Å². The highest BCUT2D eigenvalue weighted by molar-refractivity contribution is 5.76. The zero-order valence-electron chi connectivity index (χ0n) is 16.9. The minimum absolute atomic E-state index is 0.248. The number of benzene rings is 1. The molecule has 5 heteroatoms. The van der Waals surface area contributed by atoms with Gasteiger partial charge in [-0.25, -0.2) is 0 Å². The van der Waals surface area contributed by atoms with Crippen molar-refractivity contribution in [2.75, 3.05) is 26.2 Å². The van der Waals surface area contributed by atoms with E-state index in [0.717, 1.165) is 44.8 Å². The van der Waals surface area contributed by atoms with Crippen LogP contribution in [0.5, 0.6) is 0 Å². The Bertz CT molecular complexity index is 750. The molecule has 0 saturated heterocycles. The van der Waals surface area contributed by atoms with Crippen molar-refractivity contribution in [2.24, 2.45) is 5.92 Å². The third-order valence-electron chi connectivity index (χ3n) is 5.70. The zero-order chi connectivity index (χ0) is 19.2. The van der Waals surface area contributed by atoms with E-state index in [4.69, 9.17) is 0 Å². The molecule has 0 N–H and O–H groups in total. The van der Waals surface area contributed by atoms with Gasteiger partial charge in [0.2, 0.25) is 5.91 Å². The smallest absolute Gasteiger partial charge is 0.223 e. The average molecular weight is 369 g/mol. The predicted octanol–water partition coefficient (Wildman–Crippen LogP) is 3.12. The van der Waals surface area contributed by atoms with Gasteiger partial charge < -0.3 is 9.80 Å². The summed E-state index contributed by atoms with van der Waals surface area (Å²) in [5.41, 5.74) is 3.67. The lowest BCUT2D eigenvalue weighted by Gasteiger charge is -2.28. The summed E-state index contributed by atoms with van der Waals surface area (Å²) in [6.07, 6.45) is 3.23. The van der Waals surface area contributed by atoms with Gasteiger partial charge in [-0.15, -0.1) is 0 Å². The molecule has 3 rings (SSSR count).